The molecule has 0 aliphatic carbocycles. The third-order valence-electron chi connectivity index (χ3n) is 4.65. The highest BCUT2D eigenvalue weighted by molar-refractivity contribution is 6.30. The second-order valence-corrected chi connectivity index (χ2v) is 5.85. The van der Waals surface area contributed by atoms with Crippen LogP contribution in [0.3, 0.4) is 0 Å². The van der Waals surface area contributed by atoms with Gasteiger partial charge >= 0.3 is 0 Å². The summed E-state index contributed by atoms with van der Waals surface area (Å²) in [7, 11) is 2.14. The van der Waals surface area contributed by atoms with Crippen molar-refractivity contribution in [2.45, 2.75) is 38.0 Å². The molecule has 0 radical (unpaired) electrons. The normalized spacial score (nSPS) is 28.8. The molecule has 106 valence electrons. The molecule has 19 heavy (non-hydrogen) atoms. The zero-order valence-electron chi connectivity index (χ0n) is 11.9. The van der Waals surface area contributed by atoms with E-state index in [2.05, 4.69) is 37.9 Å². The summed E-state index contributed by atoms with van der Waals surface area (Å²) in [5.41, 5.74) is 7.24. The van der Waals surface area contributed by atoms with Crippen LogP contribution in [0.4, 0.5) is 0 Å². The molecule has 3 atom stereocenters. The average molecular weight is 283 g/mol. The summed E-state index contributed by atoms with van der Waals surface area (Å²) >= 11 is 5.95. The molecule has 1 fully saturated rings. The maximum Gasteiger partial charge on any atom is 0.0743 e. The van der Waals surface area contributed by atoms with Gasteiger partial charge < -0.3 is 10.5 Å². The summed E-state index contributed by atoms with van der Waals surface area (Å²) < 4.78 is 5.74. The lowest BCUT2D eigenvalue weighted by molar-refractivity contribution is 0.00936. The highest BCUT2D eigenvalue weighted by Crippen LogP contribution is 2.36. The Balaban J connectivity index is 2.22. The third kappa shape index (κ3) is 2.65. The number of hydrogen-bond donors (Lipinski definition) is 1. The lowest BCUT2D eigenvalue weighted by Crippen LogP contribution is -2.57. The zero-order valence-corrected chi connectivity index (χ0v) is 12.7. The quantitative estimate of drug-likeness (QED) is 0.923. The molecule has 0 bridgehead atoms. The molecule has 0 amide bonds. The molecule has 3 nitrogen and oxygen atoms in total. The molecular weight excluding hydrogens is 260 g/mol. The van der Waals surface area contributed by atoms with E-state index in [1.54, 1.807) is 0 Å². The molecule has 0 aromatic heterocycles. The molecule has 1 aromatic carbocycles. The maximum atomic E-state index is 6.06. The van der Waals surface area contributed by atoms with E-state index < -0.39 is 0 Å². The SMILES string of the molecule is CC(c1ccc(Cl)cc1)N(C)C1(CN)CCOC1C. The second kappa shape index (κ2) is 5.80. The molecule has 1 heterocycles. The second-order valence-electron chi connectivity index (χ2n) is 5.41. The van der Waals surface area contributed by atoms with Crippen molar-refractivity contribution < 1.29 is 4.74 Å². The van der Waals surface area contributed by atoms with E-state index in [4.69, 9.17) is 22.1 Å². The Morgan fingerprint density at radius 1 is 1.47 bits per heavy atom. The average Bonchev–Trinajstić information content (AvgIpc) is 2.80. The predicted octanol–water partition coefficient (Wildman–Crippen LogP) is 2.84. The minimum Gasteiger partial charge on any atom is -0.376 e. The first-order chi connectivity index (χ1) is 9.01. The Morgan fingerprint density at radius 2 is 2.11 bits per heavy atom. The van der Waals surface area contributed by atoms with E-state index in [-0.39, 0.29) is 17.7 Å². The van der Waals surface area contributed by atoms with Crippen LogP contribution >= 0.6 is 11.6 Å². The third-order valence-corrected chi connectivity index (χ3v) is 4.90. The molecule has 1 saturated heterocycles. The maximum absolute atomic E-state index is 6.06. The summed E-state index contributed by atoms with van der Waals surface area (Å²) in [6.45, 7) is 5.72. The van der Waals surface area contributed by atoms with Crippen molar-refractivity contribution in [1.82, 2.24) is 4.90 Å². The van der Waals surface area contributed by atoms with Crippen molar-refractivity contribution >= 4 is 11.6 Å². The van der Waals surface area contributed by atoms with Gasteiger partial charge in [-0.05, 0) is 45.0 Å². The molecule has 2 rings (SSSR count). The van der Waals surface area contributed by atoms with Crippen LogP contribution in [0.1, 0.15) is 31.9 Å². The number of benzene rings is 1. The summed E-state index contributed by atoms with van der Waals surface area (Å²) in [4.78, 5) is 2.36. The van der Waals surface area contributed by atoms with Crippen molar-refractivity contribution in [2.75, 3.05) is 20.2 Å². The van der Waals surface area contributed by atoms with E-state index in [0.29, 0.717) is 6.54 Å². The highest BCUT2D eigenvalue weighted by atomic mass is 35.5. The van der Waals surface area contributed by atoms with Gasteiger partial charge in [0.2, 0.25) is 0 Å². The molecule has 0 saturated carbocycles. The Morgan fingerprint density at radius 3 is 2.58 bits per heavy atom. The first-order valence-electron chi connectivity index (χ1n) is 6.81. The number of rotatable bonds is 4. The predicted molar refractivity (Wildman–Crippen MR) is 79.4 cm³/mol. The van der Waals surface area contributed by atoms with Gasteiger partial charge in [0, 0.05) is 24.2 Å². The van der Waals surface area contributed by atoms with Gasteiger partial charge in [-0.25, -0.2) is 0 Å². The monoisotopic (exact) mass is 282 g/mol. The Kier molecular flexibility index (Phi) is 4.51. The number of hydrogen-bond acceptors (Lipinski definition) is 3. The lowest BCUT2D eigenvalue weighted by Gasteiger charge is -2.43. The lowest BCUT2D eigenvalue weighted by atomic mass is 9.88. The van der Waals surface area contributed by atoms with E-state index in [0.717, 1.165) is 18.1 Å². The van der Waals surface area contributed by atoms with E-state index in [1.807, 2.05) is 12.1 Å². The minimum absolute atomic E-state index is 0.0704. The van der Waals surface area contributed by atoms with Crippen molar-refractivity contribution in [3.63, 3.8) is 0 Å². The van der Waals surface area contributed by atoms with E-state index in [9.17, 15) is 0 Å². The summed E-state index contributed by atoms with van der Waals surface area (Å²) in [5.74, 6) is 0. The molecule has 1 aliphatic rings. The summed E-state index contributed by atoms with van der Waals surface area (Å²) in [6, 6.07) is 8.31. The molecular formula is C15H23ClN2O. The number of ether oxygens (including phenoxy) is 1. The van der Waals surface area contributed by atoms with Gasteiger partial charge in [-0.15, -0.1) is 0 Å². The van der Waals surface area contributed by atoms with Crippen LogP contribution in [-0.2, 0) is 4.74 Å². The standard InChI is InChI=1S/C15H23ClN2O/c1-11(13-4-6-14(16)7-5-13)18(3)15(10-17)8-9-19-12(15)2/h4-7,11-12H,8-10,17H2,1-3H3. The van der Waals surface area contributed by atoms with Crippen LogP contribution in [0.15, 0.2) is 24.3 Å². The van der Waals surface area contributed by atoms with Crippen LogP contribution in [0, 0.1) is 0 Å². The summed E-state index contributed by atoms with van der Waals surface area (Å²) in [5, 5.41) is 0.768. The Labute approximate surface area is 120 Å². The number of nitrogens with zero attached hydrogens (tertiary/aromatic N) is 1. The largest absolute Gasteiger partial charge is 0.376 e. The van der Waals surface area contributed by atoms with Gasteiger partial charge in [0.05, 0.1) is 11.6 Å². The van der Waals surface area contributed by atoms with Crippen molar-refractivity contribution in [2.24, 2.45) is 5.73 Å². The smallest absolute Gasteiger partial charge is 0.0743 e. The van der Waals surface area contributed by atoms with Crippen LogP contribution in [0.5, 0.6) is 0 Å². The van der Waals surface area contributed by atoms with Crippen molar-refractivity contribution in [3.05, 3.63) is 34.9 Å². The number of likely N-dealkylation sites (N-methyl/N-ethyl adjacent to an activating group) is 1. The van der Waals surface area contributed by atoms with Gasteiger partial charge in [0.15, 0.2) is 0 Å². The van der Waals surface area contributed by atoms with Crippen LogP contribution in [0.25, 0.3) is 0 Å². The van der Waals surface area contributed by atoms with Crippen LogP contribution in [-0.4, -0.2) is 36.7 Å². The first kappa shape index (κ1) is 14.8. The van der Waals surface area contributed by atoms with Gasteiger partial charge in [-0.2, -0.15) is 0 Å². The molecule has 0 spiro atoms. The fourth-order valence-corrected chi connectivity index (χ4v) is 3.12. The van der Waals surface area contributed by atoms with Crippen LogP contribution < -0.4 is 5.73 Å². The summed E-state index contributed by atoms with van der Waals surface area (Å²) in [6.07, 6.45) is 1.15. The number of halogens is 1. The van der Waals surface area contributed by atoms with Gasteiger partial charge in [-0.1, -0.05) is 23.7 Å². The highest BCUT2D eigenvalue weighted by Gasteiger charge is 2.45. The van der Waals surface area contributed by atoms with Gasteiger partial charge in [-0.3, -0.25) is 4.90 Å². The van der Waals surface area contributed by atoms with E-state index >= 15 is 0 Å². The Hall–Kier alpha value is -0.610. The fraction of sp³-hybridized carbons (Fsp3) is 0.600. The molecule has 4 heteroatoms. The topological polar surface area (TPSA) is 38.5 Å². The molecule has 1 aliphatic heterocycles. The molecule has 1 aromatic rings. The molecule has 3 unspecified atom stereocenters. The van der Waals surface area contributed by atoms with E-state index in [1.165, 1.54) is 5.56 Å². The van der Waals surface area contributed by atoms with Crippen molar-refractivity contribution in [1.29, 1.82) is 0 Å². The zero-order chi connectivity index (χ0) is 14.0. The van der Waals surface area contributed by atoms with Gasteiger partial charge in [0.25, 0.3) is 0 Å². The van der Waals surface area contributed by atoms with Crippen molar-refractivity contribution in [3.8, 4) is 0 Å². The molecule has 2 N–H and O–H groups in total. The minimum atomic E-state index is -0.0704. The van der Waals surface area contributed by atoms with Gasteiger partial charge in [0.1, 0.15) is 0 Å². The van der Waals surface area contributed by atoms with Crippen LogP contribution in [0.2, 0.25) is 5.02 Å². The first-order valence-corrected chi connectivity index (χ1v) is 7.19. The number of nitrogens with two attached hydrogens (primary N) is 1. The Bertz CT molecular complexity index is 423. The fourth-order valence-electron chi connectivity index (χ4n) is 3.00.